The molecule has 0 amide bonds. The molecule has 1 N–H and O–H groups in total. The lowest BCUT2D eigenvalue weighted by molar-refractivity contribution is -0.0202. The van der Waals surface area contributed by atoms with Crippen LogP contribution in [0.5, 0.6) is 0 Å². The van der Waals surface area contributed by atoms with Gasteiger partial charge in [-0.05, 0) is 64.8 Å². The molecule has 2 fully saturated rings. The molecule has 3 heteroatoms. The summed E-state index contributed by atoms with van der Waals surface area (Å²) in [4.78, 5) is 2.79. The van der Waals surface area contributed by atoms with Crippen molar-refractivity contribution in [2.24, 2.45) is 5.41 Å². The van der Waals surface area contributed by atoms with Gasteiger partial charge >= 0.3 is 0 Å². The van der Waals surface area contributed by atoms with Crippen LogP contribution < -0.4 is 5.32 Å². The predicted octanol–water partition coefficient (Wildman–Crippen LogP) is 3.44. The number of rotatable bonds is 5. The van der Waals surface area contributed by atoms with Crippen molar-refractivity contribution < 1.29 is 4.74 Å². The second-order valence-corrected chi connectivity index (χ2v) is 8.24. The Balaban J connectivity index is 2.00. The van der Waals surface area contributed by atoms with Crippen molar-refractivity contribution in [2.75, 3.05) is 32.8 Å². The molecular formula is C18H36N2O. The summed E-state index contributed by atoms with van der Waals surface area (Å²) in [7, 11) is 0. The van der Waals surface area contributed by atoms with Crippen LogP contribution in [0.25, 0.3) is 0 Å². The van der Waals surface area contributed by atoms with Crippen LogP contribution in [-0.4, -0.2) is 49.3 Å². The average molecular weight is 296 g/mol. The highest BCUT2D eigenvalue weighted by Gasteiger charge is 2.37. The summed E-state index contributed by atoms with van der Waals surface area (Å²) in [6.07, 6.45) is 7.93. The lowest BCUT2D eigenvalue weighted by atomic mass is 9.78. The minimum atomic E-state index is 0.206. The standard InChI is InChI=1S/C18H36N2O/c1-5-16-8-6-7-11-20(16)15-18(9-12-21-13-10-18)14-19-17(2,3)4/h16,19H,5-15H2,1-4H3. The quantitative estimate of drug-likeness (QED) is 0.841. The Hall–Kier alpha value is -0.120. The third-order valence-electron chi connectivity index (χ3n) is 5.31. The minimum absolute atomic E-state index is 0.206. The molecule has 2 rings (SSSR count). The topological polar surface area (TPSA) is 24.5 Å². The molecule has 124 valence electrons. The van der Waals surface area contributed by atoms with Crippen LogP contribution in [-0.2, 0) is 4.74 Å². The first-order valence-corrected chi connectivity index (χ1v) is 9.01. The van der Waals surface area contributed by atoms with E-state index >= 15 is 0 Å². The fourth-order valence-corrected chi connectivity index (χ4v) is 3.81. The molecule has 2 aliphatic rings. The van der Waals surface area contributed by atoms with Crippen molar-refractivity contribution in [1.29, 1.82) is 0 Å². The molecule has 0 aromatic heterocycles. The van der Waals surface area contributed by atoms with Gasteiger partial charge in [0.2, 0.25) is 0 Å². The molecule has 0 spiro atoms. The first kappa shape index (κ1) is 17.2. The van der Waals surface area contributed by atoms with Crippen molar-refractivity contribution >= 4 is 0 Å². The molecule has 0 aromatic carbocycles. The molecule has 0 aromatic rings. The molecule has 0 saturated carbocycles. The van der Waals surface area contributed by atoms with Gasteiger partial charge in [-0.1, -0.05) is 13.3 Å². The van der Waals surface area contributed by atoms with Crippen LogP contribution in [0.3, 0.4) is 0 Å². The van der Waals surface area contributed by atoms with Gasteiger partial charge in [-0.25, -0.2) is 0 Å². The van der Waals surface area contributed by atoms with E-state index in [1.807, 2.05) is 0 Å². The van der Waals surface area contributed by atoms with E-state index in [1.54, 1.807) is 0 Å². The Morgan fingerprint density at radius 3 is 2.52 bits per heavy atom. The smallest absolute Gasteiger partial charge is 0.0472 e. The van der Waals surface area contributed by atoms with E-state index in [2.05, 4.69) is 37.9 Å². The van der Waals surface area contributed by atoms with Gasteiger partial charge in [-0.2, -0.15) is 0 Å². The normalized spacial score (nSPS) is 27.7. The maximum absolute atomic E-state index is 5.65. The minimum Gasteiger partial charge on any atom is -0.381 e. The SMILES string of the molecule is CCC1CCCCN1CC1(CNC(C)(C)C)CCOCC1. The summed E-state index contributed by atoms with van der Waals surface area (Å²) in [6.45, 7) is 14.8. The first-order valence-electron chi connectivity index (χ1n) is 9.01. The lowest BCUT2D eigenvalue weighted by Gasteiger charge is -2.46. The summed E-state index contributed by atoms with van der Waals surface area (Å²) in [6, 6.07) is 0.813. The van der Waals surface area contributed by atoms with Gasteiger partial charge in [-0.3, -0.25) is 4.90 Å². The number of piperidine rings is 1. The maximum atomic E-state index is 5.65. The van der Waals surface area contributed by atoms with E-state index in [1.165, 1.54) is 51.6 Å². The van der Waals surface area contributed by atoms with Crippen molar-refractivity contribution in [3.05, 3.63) is 0 Å². The molecular weight excluding hydrogens is 260 g/mol. The fourth-order valence-electron chi connectivity index (χ4n) is 3.81. The van der Waals surface area contributed by atoms with Gasteiger partial charge in [0, 0.05) is 37.9 Å². The molecule has 1 unspecified atom stereocenters. The highest BCUT2D eigenvalue weighted by atomic mass is 16.5. The van der Waals surface area contributed by atoms with Crippen molar-refractivity contribution in [2.45, 2.75) is 77.8 Å². The third-order valence-corrected chi connectivity index (χ3v) is 5.31. The van der Waals surface area contributed by atoms with Crippen molar-refractivity contribution in [1.82, 2.24) is 10.2 Å². The summed E-state index contributed by atoms with van der Waals surface area (Å²) in [5, 5.41) is 3.77. The van der Waals surface area contributed by atoms with Gasteiger partial charge in [0.15, 0.2) is 0 Å². The van der Waals surface area contributed by atoms with Crippen LogP contribution in [0.15, 0.2) is 0 Å². The second-order valence-electron chi connectivity index (χ2n) is 8.24. The van der Waals surface area contributed by atoms with Gasteiger partial charge in [0.25, 0.3) is 0 Å². The first-order chi connectivity index (χ1) is 9.94. The number of ether oxygens (including phenoxy) is 1. The average Bonchev–Trinajstić information content (AvgIpc) is 2.46. The summed E-state index contributed by atoms with van der Waals surface area (Å²) in [5.74, 6) is 0. The van der Waals surface area contributed by atoms with E-state index in [-0.39, 0.29) is 5.54 Å². The van der Waals surface area contributed by atoms with E-state index < -0.39 is 0 Å². The summed E-state index contributed by atoms with van der Waals surface area (Å²) < 4.78 is 5.65. The number of likely N-dealkylation sites (tertiary alicyclic amines) is 1. The van der Waals surface area contributed by atoms with E-state index in [0.29, 0.717) is 5.41 Å². The van der Waals surface area contributed by atoms with Gasteiger partial charge in [-0.15, -0.1) is 0 Å². The monoisotopic (exact) mass is 296 g/mol. The Bertz CT molecular complexity index is 305. The Kier molecular flexibility index (Phi) is 6.10. The molecule has 2 heterocycles. The van der Waals surface area contributed by atoms with Crippen LogP contribution in [0.1, 0.15) is 66.2 Å². The van der Waals surface area contributed by atoms with Gasteiger partial charge in [0.05, 0.1) is 0 Å². The zero-order chi connectivity index (χ0) is 15.3. The number of nitrogens with one attached hydrogen (secondary N) is 1. The Morgan fingerprint density at radius 1 is 1.19 bits per heavy atom. The predicted molar refractivity (Wildman–Crippen MR) is 89.7 cm³/mol. The Labute approximate surface area is 131 Å². The van der Waals surface area contributed by atoms with Gasteiger partial charge in [0.1, 0.15) is 0 Å². The maximum Gasteiger partial charge on any atom is 0.0472 e. The van der Waals surface area contributed by atoms with Gasteiger partial charge < -0.3 is 10.1 Å². The number of hydrogen-bond donors (Lipinski definition) is 1. The van der Waals surface area contributed by atoms with Crippen molar-refractivity contribution in [3.63, 3.8) is 0 Å². The van der Waals surface area contributed by atoms with Crippen LogP contribution in [0.4, 0.5) is 0 Å². The summed E-state index contributed by atoms with van der Waals surface area (Å²) in [5.41, 5.74) is 0.619. The lowest BCUT2D eigenvalue weighted by Crippen LogP contribution is -2.53. The molecule has 3 nitrogen and oxygen atoms in total. The zero-order valence-corrected chi connectivity index (χ0v) is 14.7. The molecule has 21 heavy (non-hydrogen) atoms. The third kappa shape index (κ3) is 5.22. The second kappa shape index (κ2) is 7.43. The molecule has 2 aliphatic heterocycles. The van der Waals surface area contributed by atoms with Crippen LogP contribution in [0.2, 0.25) is 0 Å². The number of nitrogens with zero attached hydrogens (tertiary/aromatic N) is 1. The molecule has 2 saturated heterocycles. The number of hydrogen-bond acceptors (Lipinski definition) is 3. The van der Waals surface area contributed by atoms with Crippen LogP contribution >= 0.6 is 0 Å². The molecule has 0 bridgehead atoms. The summed E-state index contributed by atoms with van der Waals surface area (Å²) >= 11 is 0. The van der Waals surface area contributed by atoms with Crippen molar-refractivity contribution in [3.8, 4) is 0 Å². The molecule has 0 radical (unpaired) electrons. The zero-order valence-electron chi connectivity index (χ0n) is 14.7. The van der Waals surface area contributed by atoms with E-state index in [0.717, 1.165) is 25.8 Å². The largest absolute Gasteiger partial charge is 0.381 e. The highest BCUT2D eigenvalue weighted by molar-refractivity contribution is 4.91. The molecule has 0 aliphatic carbocycles. The molecule has 1 atom stereocenters. The fraction of sp³-hybridized carbons (Fsp3) is 1.00. The van der Waals surface area contributed by atoms with E-state index in [4.69, 9.17) is 4.74 Å². The van der Waals surface area contributed by atoms with E-state index in [9.17, 15) is 0 Å². The highest BCUT2D eigenvalue weighted by Crippen LogP contribution is 2.34. The van der Waals surface area contributed by atoms with Crippen LogP contribution in [0, 0.1) is 5.41 Å². The Morgan fingerprint density at radius 2 is 1.90 bits per heavy atom.